The van der Waals surface area contributed by atoms with Gasteiger partial charge in [-0.05, 0) is 24.6 Å². The van der Waals surface area contributed by atoms with E-state index in [4.69, 9.17) is 11.6 Å². The summed E-state index contributed by atoms with van der Waals surface area (Å²) in [4.78, 5) is 0. The van der Waals surface area contributed by atoms with E-state index in [1.807, 2.05) is 24.3 Å². The van der Waals surface area contributed by atoms with Gasteiger partial charge in [0.15, 0.2) is 0 Å². The largest absolute Gasteiger partial charge is 0.313 e. The van der Waals surface area contributed by atoms with Crippen molar-refractivity contribution in [2.45, 2.75) is 6.42 Å². The predicted octanol–water partition coefficient (Wildman–Crippen LogP) is 2.75. The van der Waals surface area contributed by atoms with E-state index in [2.05, 4.69) is 5.32 Å². The summed E-state index contributed by atoms with van der Waals surface area (Å²) in [7, 11) is 0. The van der Waals surface area contributed by atoms with Crippen LogP contribution in [-0.4, -0.2) is 19.0 Å². The monoisotopic (exact) mass is 227 g/mol. The van der Waals surface area contributed by atoms with Crippen LogP contribution in [0.4, 0.5) is 4.39 Å². The summed E-state index contributed by atoms with van der Waals surface area (Å²) >= 11 is 5.47. The molecule has 1 nitrogen and oxygen atoms in total. The smallest absolute Gasteiger partial charge is 0.126 e. The molecule has 15 heavy (non-hydrogen) atoms. The Labute approximate surface area is 95.0 Å². The zero-order chi connectivity index (χ0) is 10.9. The molecule has 0 saturated carbocycles. The Morgan fingerprint density at radius 3 is 2.80 bits per heavy atom. The quantitative estimate of drug-likeness (QED) is 0.448. The van der Waals surface area contributed by atoms with Crippen molar-refractivity contribution in [1.29, 1.82) is 0 Å². The first-order chi connectivity index (χ1) is 7.34. The van der Waals surface area contributed by atoms with Gasteiger partial charge in [0.2, 0.25) is 0 Å². The first-order valence-corrected chi connectivity index (χ1v) is 5.53. The Hall–Kier alpha value is -0.860. The molecule has 0 fully saturated rings. The summed E-state index contributed by atoms with van der Waals surface area (Å²) in [5, 5.41) is 3.18. The van der Waals surface area contributed by atoms with Crippen LogP contribution in [0.1, 0.15) is 5.56 Å². The van der Waals surface area contributed by atoms with Crippen molar-refractivity contribution >= 4 is 11.6 Å². The van der Waals surface area contributed by atoms with Crippen LogP contribution in [0.25, 0.3) is 0 Å². The molecule has 0 aliphatic carbocycles. The maximum Gasteiger partial charge on any atom is 0.126 e. The van der Waals surface area contributed by atoms with Gasteiger partial charge in [0.25, 0.3) is 0 Å². The molecule has 0 radical (unpaired) electrons. The van der Waals surface area contributed by atoms with E-state index < -0.39 is 0 Å². The molecular weight excluding hydrogens is 213 g/mol. The van der Waals surface area contributed by atoms with Crippen LogP contribution in [0.3, 0.4) is 0 Å². The highest BCUT2D eigenvalue weighted by atomic mass is 35.5. The highest BCUT2D eigenvalue weighted by molar-refractivity contribution is 6.18. The van der Waals surface area contributed by atoms with Gasteiger partial charge in [-0.25, -0.2) is 4.39 Å². The molecule has 0 aliphatic rings. The molecule has 0 heterocycles. The first-order valence-electron chi connectivity index (χ1n) is 4.99. The van der Waals surface area contributed by atoms with Gasteiger partial charge in [0.05, 0.1) is 0 Å². The number of allylic oxidation sites excluding steroid dienone is 1. The van der Waals surface area contributed by atoms with Crippen LogP contribution in [0.5, 0.6) is 0 Å². The Morgan fingerprint density at radius 1 is 1.27 bits per heavy atom. The second-order valence-corrected chi connectivity index (χ2v) is 3.48. The molecule has 0 atom stereocenters. The maximum absolute atomic E-state index is 13.2. The average molecular weight is 228 g/mol. The van der Waals surface area contributed by atoms with Crippen LogP contribution in [-0.2, 0) is 6.42 Å². The summed E-state index contributed by atoms with van der Waals surface area (Å²) in [5.41, 5.74) is 0.756. The fourth-order valence-corrected chi connectivity index (χ4v) is 1.38. The summed E-state index contributed by atoms with van der Waals surface area (Å²) in [6.07, 6.45) is 4.56. The molecule has 1 N–H and O–H groups in total. The zero-order valence-corrected chi connectivity index (χ0v) is 9.30. The van der Waals surface area contributed by atoms with E-state index in [9.17, 15) is 4.39 Å². The standard InChI is InChI=1S/C12H15ClFN/c13-8-3-4-9-15-10-7-11-5-1-2-6-12(11)14/h1-6,15H,7-10H2/b4-3+. The van der Waals surface area contributed by atoms with E-state index in [1.165, 1.54) is 6.07 Å². The SMILES string of the molecule is Fc1ccccc1CCNC/C=C/CCl. The van der Waals surface area contributed by atoms with Gasteiger partial charge in [-0.2, -0.15) is 0 Å². The third-order valence-corrected chi connectivity index (χ3v) is 2.23. The summed E-state index contributed by atoms with van der Waals surface area (Å²) in [6.45, 7) is 1.55. The van der Waals surface area contributed by atoms with Crippen LogP contribution in [0.2, 0.25) is 0 Å². The van der Waals surface area contributed by atoms with Crippen LogP contribution in [0.15, 0.2) is 36.4 Å². The van der Waals surface area contributed by atoms with E-state index in [1.54, 1.807) is 6.07 Å². The fourth-order valence-electron chi connectivity index (χ4n) is 1.26. The first kappa shape index (κ1) is 12.2. The minimum atomic E-state index is -0.129. The van der Waals surface area contributed by atoms with Crippen LogP contribution < -0.4 is 5.32 Å². The van der Waals surface area contributed by atoms with Crippen molar-refractivity contribution in [3.63, 3.8) is 0 Å². The van der Waals surface area contributed by atoms with E-state index in [0.717, 1.165) is 18.7 Å². The predicted molar refractivity (Wildman–Crippen MR) is 62.8 cm³/mol. The number of nitrogens with one attached hydrogen (secondary N) is 1. The average Bonchev–Trinajstić information content (AvgIpc) is 2.25. The molecule has 0 amide bonds. The third kappa shape index (κ3) is 4.96. The van der Waals surface area contributed by atoms with Crippen molar-refractivity contribution in [3.8, 4) is 0 Å². The second kappa shape index (κ2) is 7.43. The Morgan fingerprint density at radius 2 is 2.07 bits per heavy atom. The molecule has 0 saturated heterocycles. The number of hydrogen-bond acceptors (Lipinski definition) is 1. The minimum absolute atomic E-state index is 0.129. The molecule has 0 unspecified atom stereocenters. The lowest BCUT2D eigenvalue weighted by molar-refractivity contribution is 0.603. The molecule has 0 spiro atoms. The summed E-state index contributed by atoms with van der Waals surface area (Å²) < 4.78 is 13.2. The van der Waals surface area contributed by atoms with Crippen molar-refractivity contribution in [2.24, 2.45) is 0 Å². The van der Waals surface area contributed by atoms with Crippen molar-refractivity contribution in [3.05, 3.63) is 47.8 Å². The Bertz CT molecular complexity index is 312. The summed E-state index contributed by atoms with van der Waals surface area (Å²) in [5.74, 6) is 0.408. The highest BCUT2D eigenvalue weighted by Gasteiger charge is 1.98. The zero-order valence-electron chi connectivity index (χ0n) is 8.55. The Kier molecular flexibility index (Phi) is 6.05. The minimum Gasteiger partial charge on any atom is -0.313 e. The topological polar surface area (TPSA) is 12.0 Å². The lowest BCUT2D eigenvalue weighted by Gasteiger charge is -2.03. The van der Waals surface area contributed by atoms with Gasteiger partial charge >= 0.3 is 0 Å². The van der Waals surface area contributed by atoms with Crippen molar-refractivity contribution < 1.29 is 4.39 Å². The van der Waals surface area contributed by atoms with Crippen LogP contribution >= 0.6 is 11.6 Å². The van der Waals surface area contributed by atoms with Gasteiger partial charge in [-0.1, -0.05) is 30.4 Å². The fraction of sp³-hybridized carbons (Fsp3) is 0.333. The second-order valence-electron chi connectivity index (χ2n) is 3.17. The molecule has 82 valence electrons. The maximum atomic E-state index is 13.2. The molecule has 0 aromatic heterocycles. The molecular formula is C12H15ClFN. The van der Waals surface area contributed by atoms with E-state index in [0.29, 0.717) is 12.3 Å². The van der Waals surface area contributed by atoms with Crippen LogP contribution in [0, 0.1) is 5.82 Å². The van der Waals surface area contributed by atoms with Gasteiger partial charge in [0.1, 0.15) is 5.82 Å². The van der Waals surface area contributed by atoms with Gasteiger partial charge < -0.3 is 5.32 Å². The lowest BCUT2D eigenvalue weighted by Crippen LogP contribution is -2.17. The molecule has 0 bridgehead atoms. The van der Waals surface area contributed by atoms with Gasteiger partial charge in [0, 0.05) is 12.4 Å². The van der Waals surface area contributed by atoms with Crippen molar-refractivity contribution in [1.82, 2.24) is 5.32 Å². The molecule has 3 heteroatoms. The molecule has 0 aliphatic heterocycles. The van der Waals surface area contributed by atoms with Crippen molar-refractivity contribution in [2.75, 3.05) is 19.0 Å². The molecule has 1 aromatic rings. The number of hydrogen-bond donors (Lipinski definition) is 1. The van der Waals surface area contributed by atoms with Gasteiger partial charge in [-0.15, -0.1) is 11.6 Å². The van der Waals surface area contributed by atoms with E-state index >= 15 is 0 Å². The third-order valence-electron chi connectivity index (χ3n) is 2.05. The molecule has 1 aromatic carbocycles. The van der Waals surface area contributed by atoms with E-state index in [-0.39, 0.29) is 5.82 Å². The highest BCUT2D eigenvalue weighted by Crippen LogP contribution is 2.05. The lowest BCUT2D eigenvalue weighted by atomic mass is 10.1. The number of rotatable bonds is 6. The van der Waals surface area contributed by atoms with Gasteiger partial charge in [-0.3, -0.25) is 0 Å². The Balaban J connectivity index is 2.20. The number of benzene rings is 1. The number of alkyl halides is 1. The number of halogens is 2. The molecule has 1 rings (SSSR count). The normalized spacial score (nSPS) is 11.1. The summed E-state index contributed by atoms with van der Waals surface area (Å²) in [6, 6.07) is 6.86.